The highest BCUT2D eigenvalue weighted by atomic mass is 32.2. The Bertz CT molecular complexity index is 704. The Morgan fingerprint density at radius 3 is 1.77 bits per heavy atom. The van der Waals surface area contributed by atoms with E-state index >= 15 is 0 Å². The Kier molecular flexibility index (Phi) is 8.91. The molecule has 0 saturated heterocycles. The summed E-state index contributed by atoms with van der Waals surface area (Å²) in [7, 11) is -5.83. The van der Waals surface area contributed by atoms with Gasteiger partial charge < -0.3 is 22.1 Å². The zero-order valence-electron chi connectivity index (χ0n) is 14.2. The zero-order valence-corrected chi connectivity index (χ0v) is 15.1. The van der Waals surface area contributed by atoms with Gasteiger partial charge in [-0.25, -0.2) is 4.79 Å². The van der Waals surface area contributed by atoms with Gasteiger partial charge in [-0.15, -0.1) is 0 Å². The van der Waals surface area contributed by atoms with Gasteiger partial charge in [0, 0.05) is 5.56 Å². The van der Waals surface area contributed by atoms with Gasteiger partial charge in [-0.05, 0) is 23.0 Å². The van der Waals surface area contributed by atoms with Crippen LogP contribution >= 0.6 is 0 Å². The zero-order chi connectivity index (χ0) is 19.6. The maximum absolute atomic E-state index is 11.9. The molecular weight excluding hydrogens is 369 g/mol. The molecule has 0 amide bonds. The van der Waals surface area contributed by atoms with Crippen LogP contribution in [0.2, 0.25) is 0 Å². The van der Waals surface area contributed by atoms with E-state index in [2.05, 4.69) is 17.7 Å². The number of carbonyl (C=O) groups excluding carboxylic acids is 1. The summed E-state index contributed by atoms with van der Waals surface area (Å²) in [6.45, 7) is 0. The van der Waals surface area contributed by atoms with Gasteiger partial charge in [-0.2, -0.15) is 0 Å². The van der Waals surface area contributed by atoms with E-state index in [-0.39, 0.29) is 10.9 Å². The fourth-order valence-electron chi connectivity index (χ4n) is 1.79. The van der Waals surface area contributed by atoms with Gasteiger partial charge in [0.05, 0.1) is 18.1 Å². The third-order valence-corrected chi connectivity index (χ3v) is 3.63. The molecule has 9 heteroatoms. The lowest BCUT2D eigenvalue weighted by Gasteiger charge is -2.04. The van der Waals surface area contributed by atoms with E-state index in [1.165, 1.54) is 0 Å². The third-order valence-electron chi connectivity index (χ3n) is 2.78. The van der Waals surface area contributed by atoms with Crippen LogP contribution in [-0.2, 0) is 15.7 Å². The highest BCUT2D eigenvalue weighted by molar-refractivity contribution is 7.96. The lowest BCUT2D eigenvalue weighted by atomic mass is 10.1. The average molecular weight is 387 g/mol. The van der Waals surface area contributed by atoms with Crippen molar-refractivity contribution < 1.29 is 26.9 Å². The summed E-state index contributed by atoms with van der Waals surface area (Å²) in [6.07, 6.45) is 4.27. The first kappa shape index (κ1) is 21.8. The second-order valence-corrected chi connectivity index (χ2v) is 7.53. The van der Waals surface area contributed by atoms with Crippen LogP contribution in [0.3, 0.4) is 0 Å². The van der Waals surface area contributed by atoms with Gasteiger partial charge in [0.2, 0.25) is 0 Å². The summed E-state index contributed by atoms with van der Waals surface area (Å²) in [6, 6.07) is 18.7. The molecule has 0 saturated carbocycles. The largest absolute Gasteiger partial charge is 0.673 e. The lowest BCUT2D eigenvalue weighted by Crippen LogP contribution is -2.16. The lowest BCUT2D eigenvalue weighted by molar-refractivity contribution is 0.0516. The van der Waals surface area contributed by atoms with Crippen LogP contribution in [0.25, 0.3) is 0 Å². The standard InChI is InChI=1S/C17H18NO2S.BF4/c1-21(2)13-16(14-9-5-3-6-10-14)18-20-17(19)15-11-7-4-8-12-15;2-1(3,4)5/h3-12H,13H2,1-2H3;/q+1;-1. The van der Waals surface area contributed by atoms with Crippen molar-refractivity contribution in [3.05, 3.63) is 71.8 Å². The minimum atomic E-state index is -6.00. The Morgan fingerprint density at radius 2 is 1.35 bits per heavy atom. The minimum absolute atomic E-state index is 0.173. The summed E-state index contributed by atoms with van der Waals surface area (Å²) in [5.41, 5.74) is 2.29. The smallest absolute Gasteiger partial charge is 0.418 e. The molecule has 0 aliphatic carbocycles. The van der Waals surface area contributed by atoms with E-state index < -0.39 is 13.2 Å². The fourth-order valence-corrected chi connectivity index (χ4v) is 2.56. The second kappa shape index (κ2) is 10.6. The Morgan fingerprint density at radius 1 is 0.923 bits per heavy atom. The second-order valence-electron chi connectivity index (χ2n) is 5.27. The molecule has 2 aromatic rings. The quantitative estimate of drug-likeness (QED) is 0.190. The van der Waals surface area contributed by atoms with Crippen molar-refractivity contribution in [3.63, 3.8) is 0 Å². The highest BCUT2D eigenvalue weighted by Gasteiger charge is 2.20. The summed E-state index contributed by atoms with van der Waals surface area (Å²) < 4.78 is 39.0. The van der Waals surface area contributed by atoms with E-state index in [9.17, 15) is 22.1 Å². The number of hydrogen-bond acceptors (Lipinski definition) is 3. The average Bonchev–Trinajstić information content (AvgIpc) is 2.58. The van der Waals surface area contributed by atoms with Crippen molar-refractivity contribution in [1.82, 2.24) is 0 Å². The van der Waals surface area contributed by atoms with Crippen molar-refractivity contribution >= 4 is 29.8 Å². The van der Waals surface area contributed by atoms with Gasteiger partial charge >= 0.3 is 13.2 Å². The van der Waals surface area contributed by atoms with Crippen molar-refractivity contribution in [2.24, 2.45) is 5.16 Å². The molecule has 0 aliphatic heterocycles. The van der Waals surface area contributed by atoms with E-state index in [1.807, 2.05) is 36.4 Å². The summed E-state index contributed by atoms with van der Waals surface area (Å²) >= 11 is 0. The van der Waals surface area contributed by atoms with E-state index in [0.29, 0.717) is 5.56 Å². The molecule has 0 N–H and O–H groups in total. The van der Waals surface area contributed by atoms with Gasteiger partial charge in [0.1, 0.15) is 5.71 Å². The number of hydrogen-bond donors (Lipinski definition) is 0. The first-order valence-corrected chi connectivity index (χ1v) is 9.68. The van der Waals surface area contributed by atoms with Gasteiger partial charge in [0.25, 0.3) is 0 Å². The molecule has 0 heterocycles. The number of oxime groups is 1. The third kappa shape index (κ3) is 9.88. The molecule has 0 unspecified atom stereocenters. The van der Waals surface area contributed by atoms with Crippen LogP contribution in [0.4, 0.5) is 17.3 Å². The number of nitrogens with zero attached hydrogens (tertiary/aromatic N) is 1. The van der Waals surface area contributed by atoms with Gasteiger partial charge in [-0.1, -0.05) is 53.7 Å². The predicted octanol–water partition coefficient (Wildman–Crippen LogP) is 4.43. The first-order chi connectivity index (χ1) is 12.2. The molecule has 0 spiro atoms. The molecule has 0 fully saturated rings. The van der Waals surface area contributed by atoms with Gasteiger partial charge in [0.15, 0.2) is 5.75 Å². The molecule has 0 aromatic heterocycles. The topological polar surface area (TPSA) is 38.7 Å². The minimum Gasteiger partial charge on any atom is -0.418 e. The first-order valence-electron chi connectivity index (χ1n) is 7.47. The molecule has 0 atom stereocenters. The number of carbonyl (C=O) groups is 1. The van der Waals surface area contributed by atoms with Crippen LogP contribution in [0.15, 0.2) is 65.8 Å². The maximum Gasteiger partial charge on any atom is 0.673 e. The molecule has 0 aliphatic rings. The molecule has 140 valence electrons. The van der Waals surface area contributed by atoms with E-state index in [1.54, 1.807) is 24.3 Å². The molecule has 2 aromatic carbocycles. The van der Waals surface area contributed by atoms with E-state index in [4.69, 9.17) is 4.84 Å². The molecule has 3 nitrogen and oxygen atoms in total. The molecule has 0 bridgehead atoms. The van der Waals surface area contributed by atoms with E-state index in [0.717, 1.165) is 17.0 Å². The summed E-state index contributed by atoms with van der Waals surface area (Å²) in [5.74, 6) is 0.350. The van der Waals surface area contributed by atoms with Crippen LogP contribution in [-0.4, -0.2) is 37.2 Å². The van der Waals surface area contributed by atoms with Gasteiger partial charge in [-0.3, -0.25) is 0 Å². The molecule has 2 rings (SSSR count). The van der Waals surface area contributed by atoms with Crippen LogP contribution in [0.1, 0.15) is 15.9 Å². The van der Waals surface area contributed by atoms with Crippen molar-refractivity contribution in [2.45, 2.75) is 0 Å². The summed E-state index contributed by atoms with van der Waals surface area (Å²) in [4.78, 5) is 17.0. The molecule has 26 heavy (non-hydrogen) atoms. The SMILES string of the molecule is C[S+](C)CC(=NOC(=O)c1ccccc1)c1ccccc1.F[B-](F)(F)F. The Labute approximate surface area is 152 Å². The van der Waals surface area contributed by atoms with Crippen LogP contribution < -0.4 is 0 Å². The normalized spacial score (nSPS) is 11.6. The Hall–Kier alpha value is -2.29. The number of halogens is 4. The molecule has 0 radical (unpaired) electrons. The monoisotopic (exact) mass is 387 g/mol. The fraction of sp³-hybridized carbons (Fsp3) is 0.176. The van der Waals surface area contributed by atoms with Crippen molar-refractivity contribution in [3.8, 4) is 0 Å². The maximum atomic E-state index is 11.9. The van der Waals surface area contributed by atoms with Crippen LogP contribution in [0.5, 0.6) is 0 Å². The summed E-state index contributed by atoms with van der Waals surface area (Å²) in [5, 5.41) is 4.08. The Balaban J connectivity index is 0.000000597. The number of benzene rings is 2. The molecular formula is C17H18BF4NO2S. The number of rotatable bonds is 5. The van der Waals surface area contributed by atoms with Crippen LogP contribution in [0, 0.1) is 0 Å². The van der Waals surface area contributed by atoms with Crippen molar-refractivity contribution in [1.29, 1.82) is 0 Å². The van der Waals surface area contributed by atoms with Crippen molar-refractivity contribution in [2.75, 3.05) is 18.3 Å². The highest BCUT2D eigenvalue weighted by Crippen LogP contribution is 2.07. The predicted molar refractivity (Wildman–Crippen MR) is 99.1 cm³/mol.